The van der Waals surface area contributed by atoms with Crippen LogP contribution in [0.5, 0.6) is 5.75 Å². The zero-order valence-electron chi connectivity index (χ0n) is 15.4. The molecule has 26 heavy (non-hydrogen) atoms. The summed E-state index contributed by atoms with van der Waals surface area (Å²) in [7, 11) is 0. The van der Waals surface area contributed by atoms with E-state index in [2.05, 4.69) is 11.9 Å². The molecule has 3 nitrogen and oxygen atoms in total. The van der Waals surface area contributed by atoms with Crippen LogP contribution in [0.1, 0.15) is 56.3 Å². The lowest BCUT2D eigenvalue weighted by Crippen LogP contribution is -2.01. The molecule has 0 spiro atoms. The number of aliphatic hydroxyl groups is 1. The van der Waals surface area contributed by atoms with E-state index < -0.39 is 6.10 Å². The Bertz CT molecular complexity index is 826. The van der Waals surface area contributed by atoms with Crippen molar-refractivity contribution in [3.05, 3.63) is 71.9 Å². The topological polar surface area (TPSA) is 42.4 Å². The molecule has 0 aliphatic heterocycles. The summed E-state index contributed by atoms with van der Waals surface area (Å²) in [6, 6.07) is 18.0. The number of hydrogen-bond acceptors (Lipinski definition) is 3. The number of nitrogens with zero attached hydrogens (tertiary/aromatic N) is 1. The minimum Gasteiger partial charge on any atom is -0.487 e. The summed E-state index contributed by atoms with van der Waals surface area (Å²) in [5.74, 6) is 0.786. The van der Waals surface area contributed by atoms with Crippen LogP contribution in [0, 0.1) is 0 Å². The minimum absolute atomic E-state index is 0.397. The lowest BCUT2D eigenvalue weighted by Gasteiger charge is -2.13. The first-order valence-corrected chi connectivity index (χ1v) is 9.51. The zero-order chi connectivity index (χ0) is 18.2. The summed E-state index contributed by atoms with van der Waals surface area (Å²) in [6.07, 6.45) is 6.90. The van der Waals surface area contributed by atoms with Gasteiger partial charge in [0.1, 0.15) is 17.9 Å². The molecule has 0 fully saturated rings. The number of unbranched alkanes of at least 4 members (excludes halogenated alkanes) is 3. The van der Waals surface area contributed by atoms with E-state index in [1.54, 1.807) is 6.20 Å². The fourth-order valence-corrected chi connectivity index (χ4v) is 3.18. The first-order chi connectivity index (χ1) is 12.8. The fourth-order valence-electron chi connectivity index (χ4n) is 3.18. The number of fused-ring (bicyclic) bond motifs is 1. The van der Waals surface area contributed by atoms with E-state index in [0.717, 1.165) is 40.6 Å². The fraction of sp³-hybridized carbons (Fsp3) is 0.348. The van der Waals surface area contributed by atoms with Gasteiger partial charge in [0.25, 0.3) is 0 Å². The Morgan fingerprint density at radius 3 is 2.73 bits per heavy atom. The molecule has 1 N–H and O–H groups in total. The average Bonchev–Trinajstić information content (AvgIpc) is 2.69. The van der Waals surface area contributed by atoms with Crippen molar-refractivity contribution >= 4 is 10.9 Å². The molecule has 3 aromatic rings. The lowest BCUT2D eigenvalue weighted by atomic mass is 10.0. The molecule has 3 heteroatoms. The second-order valence-electron chi connectivity index (χ2n) is 6.73. The maximum Gasteiger partial charge on any atom is 0.146 e. The molecule has 0 saturated heterocycles. The van der Waals surface area contributed by atoms with Crippen LogP contribution in [0.3, 0.4) is 0 Å². The Labute approximate surface area is 155 Å². The number of hydrogen-bond donors (Lipinski definition) is 1. The van der Waals surface area contributed by atoms with E-state index in [1.807, 2.05) is 54.6 Å². The molecule has 1 aromatic heterocycles. The predicted octanol–water partition coefficient (Wildman–Crippen LogP) is 5.82. The highest BCUT2D eigenvalue weighted by atomic mass is 16.5. The van der Waals surface area contributed by atoms with Gasteiger partial charge in [-0.15, -0.1) is 0 Å². The second-order valence-corrected chi connectivity index (χ2v) is 6.73. The number of aromatic nitrogens is 1. The summed E-state index contributed by atoms with van der Waals surface area (Å²) in [5.41, 5.74) is 2.91. The van der Waals surface area contributed by atoms with Gasteiger partial charge in [-0.05, 0) is 35.7 Å². The standard InChI is InChI=1S/C23H27NO2/c1-2-3-4-5-13-21(25)20-11-6-9-18(16-20)17-26-22-14-7-10-19-12-8-15-24-23(19)22/h6-12,14-16,21,25H,2-5,13,17H2,1H3. The summed E-state index contributed by atoms with van der Waals surface area (Å²) in [5, 5.41) is 11.5. The van der Waals surface area contributed by atoms with Gasteiger partial charge in [0.2, 0.25) is 0 Å². The van der Waals surface area contributed by atoms with Gasteiger partial charge >= 0.3 is 0 Å². The van der Waals surface area contributed by atoms with E-state index in [4.69, 9.17) is 4.74 Å². The smallest absolute Gasteiger partial charge is 0.146 e. The van der Waals surface area contributed by atoms with Crippen molar-refractivity contribution in [2.24, 2.45) is 0 Å². The van der Waals surface area contributed by atoms with Gasteiger partial charge in [-0.2, -0.15) is 0 Å². The Balaban J connectivity index is 1.63. The number of para-hydroxylation sites is 1. The monoisotopic (exact) mass is 349 g/mol. The predicted molar refractivity (Wildman–Crippen MR) is 106 cm³/mol. The molecule has 0 amide bonds. The molecule has 0 radical (unpaired) electrons. The van der Waals surface area contributed by atoms with Gasteiger partial charge in [-0.1, -0.05) is 69.0 Å². The van der Waals surface area contributed by atoms with Crippen molar-refractivity contribution in [3.8, 4) is 5.75 Å². The van der Waals surface area contributed by atoms with Crippen LogP contribution < -0.4 is 4.74 Å². The highest BCUT2D eigenvalue weighted by Crippen LogP contribution is 2.25. The summed E-state index contributed by atoms with van der Waals surface area (Å²) >= 11 is 0. The van der Waals surface area contributed by atoms with Gasteiger partial charge in [0.05, 0.1) is 6.10 Å². The number of ether oxygens (including phenoxy) is 1. The molecule has 0 aliphatic carbocycles. The van der Waals surface area contributed by atoms with E-state index in [9.17, 15) is 5.11 Å². The van der Waals surface area contributed by atoms with Crippen molar-refractivity contribution in [2.75, 3.05) is 0 Å². The van der Waals surface area contributed by atoms with Gasteiger partial charge in [-0.25, -0.2) is 0 Å². The Morgan fingerprint density at radius 1 is 1.00 bits per heavy atom. The maximum atomic E-state index is 10.4. The minimum atomic E-state index is -0.397. The number of pyridine rings is 1. The molecule has 0 bridgehead atoms. The van der Waals surface area contributed by atoms with E-state index in [-0.39, 0.29) is 0 Å². The Morgan fingerprint density at radius 2 is 1.85 bits per heavy atom. The van der Waals surface area contributed by atoms with E-state index >= 15 is 0 Å². The molecule has 2 aromatic carbocycles. The van der Waals surface area contributed by atoms with Crippen molar-refractivity contribution in [3.63, 3.8) is 0 Å². The second kappa shape index (κ2) is 9.35. The Hall–Kier alpha value is -2.39. The summed E-state index contributed by atoms with van der Waals surface area (Å²) < 4.78 is 6.01. The average molecular weight is 349 g/mol. The van der Waals surface area contributed by atoms with Gasteiger partial charge in [0.15, 0.2) is 0 Å². The van der Waals surface area contributed by atoms with Gasteiger partial charge in [-0.3, -0.25) is 4.98 Å². The normalized spacial score (nSPS) is 12.2. The van der Waals surface area contributed by atoms with Crippen LogP contribution in [-0.2, 0) is 6.61 Å². The molecule has 0 aliphatic rings. The van der Waals surface area contributed by atoms with Crippen molar-refractivity contribution < 1.29 is 9.84 Å². The quantitative estimate of drug-likeness (QED) is 0.495. The number of rotatable bonds is 9. The van der Waals surface area contributed by atoms with Crippen molar-refractivity contribution in [1.82, 2.24) is 4.98 Å². The van der Waals surface area contributed by atoms with Crippen LogP contribution in [-0.4, -0.2) is 10.1 Å². The number of aliphatic hydroxyl groups excluding tert-OH is 1. The van der Waals surface area contributed by atoms with Gasteiger partial charge in [0, 0.05) is 11.6 Å². The highest BCUT2D eigenvalue weighted by molar-refractivity contribution is 5.84. The molecule has 1 unspecified atom stereocenters. The third-order valence-corrected chi connectivity index (χ3v) is 4.66. The molecule has 0 saturated carbocycles. The first kappa shape index (κ1) is 18.4. The molecular formula is C23H27NO2. The molecular weight excluding hydrogens is 322 g/mol. The summed E-state index contributed by atoms with van der Waals surface area (Å²) in [4.78, 5) is 4.42. The van der Waals surface area contributed by atoms with Gasteiger partial charge < -0.3 is 9.84 Å². The SMILES string of the molecule is CCCCCCC(O)c1cccc(COc2cccc3cccnc23)c1. The maximum absolute atomic E-state index is 10.4. The largest absolute Gasteiger partial charge is 0.487 e. The summed E-state index contributed by atoms with van der Waals surface area (Å²) in [6.45, 7) is 2.66. The first-order valence-electron chi connectivity index (χ1n) is 9.51. The third kappa shape index (κ3) is 4.83. The van der Waals surface area contributed by atoms with Crippen molar-refractivity contribution in [2.45, 2.75) is 51.7 Å². The van der Waals surface area contributed by atoms with E-state index in [1.165, 1.54) is 19.3 Å². The van der Waals surface area contributed by atoms with Crippen LogP contribution in [0.2, 0.25) is 0 Å². The lowest BCUT2D eigenvalue weighted by molar-refractivity contribution is 0.163. The third-order valence-electron chi connectivity index (χ3n) is 4.66. The molecule has 1 atom stereocenters. The molecule has 136 valence electrons. The van der Waals surface area contributed by atoms with Crippen LogP contribution in [0.4, 0.5) is 0 Å². The van der Waals surface area contributed by atoms with Crippen LogP contribution in [0.15, 0.2) is 60.8 Å². The number of benzene rings is 2. The highest BCUT2D eigenvalue weighted by Gasteiger charge is 2.09. The molecule has 3 rings (SSSR count). The van der Waals surface area contributed by atoms with Crippen molar-refractivity contribution in [1.29, 1.82) is 0 Å². The van der Waals surface area contributed by atoms with Crippen LogP contribution in [0.25, 0.3) is 10.9 Å². The Kier molecular flexibility index (Phi) is 6.62. The van der Waals surface area contributed by atoms with Crippen LogP contribution >= 0.6 is 0 Å². The van der Waals surface area contributed by atoms with E-state index in [0.29, 0.717) is 6.61 Å². The zero-order valence-corrected chi connectivity index (χ0v) is 15.4. The molecule has 1 heterocycles.